The van der Waals surface area contributed by atoms with Crippen molar-refractivity contribution in [1.29, 1.82) is 0 Å². The minimum atomic E-state index is -0.314. The van der Waals surface area contributed by atoms with Gasteiger partial charge in [-0.2, -0.15) is 0 Å². The van der Waals surface area contributed by atoms with Gasteiger partial charge in [-0.1, -0.05) is 45.1 Å². The van der Waals surface area contributed by atoms with Crippen LogP contribution in [-0.4, -0.2) is 10.1 Å². The predicted molar refractivity (Wildman–Crippen MR) is 76.6 cm³/mol. The number of aliphatic hydroxyl groups excluding tert-OH is 1. The number of aliphatic hydroxyl groups is 1. The third-order valence-corrected chi connectivity index (χ3v) is 3.54. The van der Waals surface area contributed by atoms with Crippen LogP contribution in [0.5, 0.6) is 0 Å². The first kappa shape index (κ1) is 13.2. The molecule has 2 heteroatoms. The van der Waals surface area contributed by atoms with E-state index in [1.165, 1.54) is 31.1 Å². The monoisotopic (exact) mass is 245 g/mol. The molecule has 0 amide bonds. The molecule has 98 valence electrons. The number of unbranched alkanes of at least 4 members (excludes halogenated alkanes) is 4. The van der Waals surface area contributed by atoms with Gasteiger partial charge in [0.25, 0.3) is 0 Å². The molecule has 0 aliphatic carbocycles. The largest absolute Gasteiger partial charge is 0.388 e. The molecule has 1 aromatic heterocycles. The van der Waals surface area contributed by atoms with E-state index in [0.29, 0.717) is 0 Å². The molecule has 0 saturated carbocycles. The van der Waals surface area contributed by atoms with E-state index in [2.05, 4.69) is 18.0 Å². The van der Waals surface area contributed by atoms with Crippen molar-refractivity contribution in [3.63, 3.8) is 0 Å². The Labute approximate surface area is 109 Å². The summed E-state index contributed by atoms with van der Waals surface area (Å²) in [6.07, 6.45) is 8.72. The second kappa shape index (κ2) is 6.60. The molecule has 1 atom stereocenters. The van der Waals surface area contributed by atoms with E-state index >= 15 is 0 Å². The van der Waals surface area contributed by atoms with Crippen LogP contribution >= 0.6 is 0 Å². The van der Waals surface area contributed by atoms with Crippen LogP contribution < -0.4 is 0 Å². The molecule has 2 N–H and O–H groups in total. The Morgan fingerprint density at radius 1 is 1.11 bits per heavy atom. The van der Waals surface area contributed by atoms with Crippen molar-refractivity contribution in [1.82, 2.24) is 4.98 Å². The van der Waals surface area contributed by atoms with Gasteiger partial charge in [0.05, 0.1) is 6.10 Å². The Bertz CT molecular complexity index is 475. The average Bonchev–Trinajstić information content (AvgIpc) is 2.85. The topological polar surface area (TPSA) is 36.0 Å². The molecule has 2 aromatic rings. The van der Waals surface area contributed by atoms with Crippen LogP contribution in [0.2, 0.25) is 0 Å². The molecule has 1 unspecified atom stereocenters. The van der Waals surface area contributed by atoms with Gasteiger partial charge >= 0.3 is 0 Å². The van der Waals surface area contributed by atoms with Crippen molar-refractivity contribution in [3.8, 4) is 0 Å². The number of rotatable bonds is 7. The Kier molecular flexibility index (Phi) is 4.82. The molecule has 1 heterocycles. The molecule has 0 spiro atoms. The Morgan fingerprint density at radius 2 is 1.94 bits per heavy atom. The van der Waals surface area contributed by atoms with Gasteiger partial charge in [0, 0.05) is 11.7 Å². The number of hydrogen-bond donors (Lipinski definition) is 2. The summed E-state index contributed by atoms with van der Waals surface area (Å²) in [5, 5.41) is 11.3. The number of nitrogens with one attached hydrogen (secondary N) is 1. The lowest BCUT2D eigenvalue weighted by Gasteiger charge is -2.11. The van der Waals surface area contributed by atoms with E-state index in [4.69, 9.17) is 0 Å². The summed E-state index contributed by atoms with van der Waals surface area (Å²) in [6.45, 7) is 2.22. The first-order valence-electron chi connectivity index (χ1n) is 7.06. The molecular formula is C16H23NO. The lowest BCUT2D eigenvalue weighted by molar-refractivity contribution is 0.163. The quantitative estimate of drug-likeness (QED) is 0.689. The smallest absolute Gasteiger partial charge is 0.0790 e. The zero-order chi connectivity index (χ0) is 12.8. The number of aromatic amines is 1. The minimum absolute atomic E-state index is 0.314. The van der Waals surface area contributed by atoms with Gasteiger partial charge in [-0.05, 0) is 35.6 Å². The maximum Gasteiger partial charge on any atom is 0.0790 e. The van der Waals surface area contributed by atoms with Crippen LogP contribution in [0.4, 0.5) is 0 Å². The fourth-order valence-electron chi connectivity index (χ4n) is 2.39. The molecule has 0 saturated heterocycles. The highest BCUT2D eigenvalue weighted by Crippen LogP contribution is 2.23. The minimum Gasteiger partial charge on any atom is -0.388 e. The van der Waals surface area contributed by atoms with Crippen molar-refractivity contribution >= 4 is 10.9 Å². The van der Waals surface area contributed by atoms with Crippen molar-refractivity contribution in [3.05, 3.63) is 36.0 Å². The summed E-state index contributed by atoms with van der Waals surface area (Å²) in [5.74, 6) is 0. The summed E-state index contributed by atoms with van der Waals surface area (Å²) in [5.41, 5.74) is 2.17. The van der Waals surface area contributed by atoms with E-state index in [-0.39, 0.29) is 6.10 Å². The summed E-state index contributed by atoms with van der Waals surface area (Å²) >= 11 is 0. The number of H-pyrrole nitrogens is 1. The highest BCUT2D eigenvalue weighted by Gasteiger charge is 2.08. The van der Waals surface area contributed by atoms with E-state index in [9.17, 15) is 5.11 Å². The summed E-state index contributed by atoms with van der Waals surface area (Å²) in [4.78, 5) is 3.17. The van der Waals surface area contributed by atoms with Crippen molar-refractivity contribution in [2.24, 2.45) is 0 Å². The second-order valence-corrected chi connectivity index (χ2v) is 5.04. The van der Waals surface area contributed by atoms with Gasteiger partial charge in [0.15, 0.2) is 0 Å². The lowest BCUT2D eigenvalue weighted by atomic mass is 10.0. The molecule has 18 heavy (non-hydrogen) atoms. The van der Waals surface area contributed by atoms with Crippen LogP contribution in [0.15, 0.2) is 30.5 Å². The van der Waals surface area contributed by atoms with Crippen LogP contribution in [-0.2, 0) is 0 Å². The molecule has 2 rings (SSSR count). The Balaban J connectivity index is 1.85. The van der Waals surface area contributed by atoms with Gasteiger partial charge < -0.3 is 10.1 Å². The molecular weight excluding hydrogens is 222 g/mol. The zero-order valence-corrected chi connectivity index (χ0v) is 11.2. The van der Waals surface area contributed by atoms with Crippen molar-refractivity contribution < 1.29 is 5.11 Å². The number of aromatic nitrogens is 1. The van der Waals surface area contributed by atoms with Gasteiger partial charge in [-0.25, -0.2) is 0 Å². The Hall–Kier alpha value is -1.28. The molecule has 0 aliphatic heterocycles. The molecule has 0 fully saturated rings. The summed E-state index contributed by atoms with van der Waals surface area (Å²) < 4.78 is 0. The molecule has 0 radical (unpaired) electrons. The summed E-state index contributed by atoms with van der Waals surface area (Å²) in [6, 6.07) is 8.20. The average molecular weight is 245 g/mol. The standard InChI is InChI=1S/C16H23NO/c1-2-3-4-5-6-7-16(18)14-8-9-15-13(12-14)10-11-17-15/h8-12,16-18H,2-7H2,1H3. The van der Waals surface area contributed by atoms with E-state index in [1.807, 2.05) is 24.4 Å². The van der Waals surface area contributed by atoms with Crippen LogP contribution in [0, 0.1) is 0 Å². The van der Waals surface area contributed by atoms with Crippen molar-refractivity contribution in [2.75, 3.05) is 0 Å². The fourth-order valence-corrected chi connectivity index (χ4v) is 2.39. The van der Waals surface area contributed by atoms with Crippen LogP contribution in [0.3, 0.4) is 0 Å². The van der Waals surface area contributed by atoms with Gasteiger partial charge in [-0.15, -0.1) is 0 Å². The zero-order valence-electron chi connectivity index (χ0n) is 11.2. The Morgan fingerprint density at radius 3 is 2.78 bits per heavy atom. The lowest BCUT2D eigenvalue weighted by Crippen LogP contribution is -1.97. The highest BCUT2D eigenvalue weighted by atomic mass is 16.3. The van der Waals surface area contributed by atoms with Gasteiger partial charge in [0.2, 0.25) is 0 Å². The number of hydrogen-bond acceptors (Lipinski definition) is 1. The number of fused-ring (bicyclic) bond motifs is 1. The fraction of sp³-hybridized carbons (Fsp3) is 0.500. The molecule has 2 nitrogen and oxygen atoms in total. The summed E-state index contributed by atoms with van der Waals surface area (Å²) in [7, 11) is 0. The third kappa shape index (κ3) is 3.36. The highest BCUT2D eigenvalue weighted by molar-refractivity contribution is 5.79. The molecule has 1 aromatic carbocycles. The van der Waals surface area contributed by atoms with Crippen LogP contribution in [0.1, 0.15) is 57.1 Å². The van der Waals surface area contributed by atoms with E-state index < -0.39 is 0 Å². The number of benzene rings is 1. The predicted octanol–water partition coefficient (Wildman–Crippen LogP) is 4.56. The van der Waals surface area contributed by atoms with E-state index in [0.717, 1.165) is 23.9 Å². The SMILES string of the molecule is CCCCCCCC(O)c1ccc2[nH]ccc2c1. The normalized spacial score (nSPS) is 13.0. The van der Waals surface area contributed by atoms with Gasteiger partial charge in [-0.3, -0.25) is 0 Å². The third-order valence-electron chi connectivity index (χ3n) is 3.54. The molecule has 0 bridgehead atoms. The maximum atomic E-state index is 10.2. The van der Waals surface area contributed by atoms with E-state index in [1.54, 1.807) is 0 Å². The maximum absolute atomic E-state index is 10.2. The van der Waals surface area contributed by atoms with Crippen molar-refractivity contribution in [2.45, 2.75) is 51.6 Å². The second-order valence-electron chi connectivity index (χ2n) is 5.04. The first-order valence-corrected chi connectivity index (χ1v) is 7.06. The molecule has 0 aliphatic rings. The first-order chi connectivity index (χ1) is 8.81. The van der Waals surface area contributed by atoms with Gasteiger partial charge in [0.1, 0.15) is 0 Å². The van der Waals surface area contributed by atoms with Crippen LogP contribution in [0.25, 0.3) is 10.9 Å².